The van der Waals surface area contributed by atoms with Gasteiger partial charge < -0.3 is 0 Å². The van der Waals surface area contributed by atoms with Crippen LogP contribution in [0.3, 0.4) is 0 Å². The fourth-order valence-corrected chi connectivity index (χ4v) is 3.03. The fourth-order valence-electron chi connectivity index (χ4n) is 3.03. The van der Waals surface area contributed by atoms with Gasteiger partial charge in [-0.25, -0.2) is 4.98 Å². The molecule has 0 aliphatic rings. The Hall–Kier alpha value is -2.94. The van der Waals surface area contributed by atoms with Crippen LogP contribution in [0, 0.1) is 0 Å². The van der Waals surface area contributed by atoms with Crippen molar-refractivity contribution in [1.29, 1.82) is 0 Å². The molecule has 0 aliphatic carbocycles. The third kappa shape index (κ3) is 1.37. The standard InChI is InChI=1S/C18H11N3/c1-2-6-13-12(5-1)9-10-21-16-11-19-15-8-4-3-7-14(15)17(16)20-18(13)21/h1-11H. The lowest BCUT2D eigenvalue weighted by Crippen LogP contribution is -1.86. The molecule has 3 heterocycles. The first-order valence-electron chi connectivity index (χ1n) is 6.95. The molecule has 0 spiro atoms. The molecule has 0 bridgehead atoms. The molecule has 21 heavy (non-hydrogen) atoms. The number of hydrogen-bond acceptors (Lipinski definition) is 2. The van der Waals surface area contributed by atoms with Crippen LogP contribution in [0.25, 0.3) is 38.4 Å². The Morgan fingerprint density at radius 2 is 1.62 bits per heavy atom. The number of nitrogens with zero attached hydrogens (tertiary/aromatic N) is 3. The minimum atomic E-state index is 0.984. The molecule has 0 amide bonds. The molecule has 3 nitrogen and oxygen atoms in total. The molecule has 5 aromatic rings. The van der Waals surface area contributed by atoms with E-state index >= 15 is 0 Å². The second-order valence-corrected chi connectivity index (χ2v) is 5.22. The van der Waals surface area contributed by atoms with Crippen molar-refractivity contribution in [3.63, 3.8) is 0 Å². The molecule has 2 aromatic carbocycles. The summed E-state index contributed by atoms with van der Waals surface area (Å²) in [5.41, 5.74) is 4.03. The number of para-hydroxylation sites is 1. The average Bonchev–Trinajstić information content (AvgIpc) is 2.94. The zero-order valence-electron chi connectivity index (χ0n) is 11.2. The van der Waals surface area contributed by atoms with Crippen molar-refractivity contribution in [2.45, 2.75) is 0 Å². The van der Waals surface area contributed by atoms with Gasteiger partial charge in [-0.15, -0.1) is 0 Å². The maximum absolute atomic E-state index is 4.89. The number of aromatic nitrogens is 3. The third-order valence-corrected chi connectivity index (χ3v) is 4.04. The number of hydrogen-bond donors (Lipinski definition) is 0. The van der Waals surface area contributed by atoms with Crippen LogP contribution in [0.4, 0.5) is 0 Å². The van der Waals surface area contributed by atoms with Crippen molar-refractivity contribution in [3.8, 4) is 0 Å². The highest BCUT2D eigenvalue weighted by atomic mass is 15.0. The molecule has 0 aliphatic heterocycles. The lowest BCUT2D eigenvalue weighted by molar-refractivity contribution is 1.24. The smallest absolute Gasteiger partial charge is 0.145 e. The van der Waals surface area contributed by atoms with E-state index in [0.29, 0.717) is 0 Å². The van der Waals surface area contributed by atoms with Crippen molar-refractivity contribution in [2.75, 3.05) is 0 Å². The quantitative estimate of drug-likeness (QED) is 0.422. The third-order valence-electron chi connectivity index (χ3n) is 4.04. The molecule has 0 radical (unpaired) electrons. The van der Waals surface area contributed by atoms with Gasteiger partial charge in [0.2, 0.25) is 0 Å². The zero-order chi connectivity index (χ0) is 13.8. The highest BCUT2D eigenvalue weighted by Gasteiger charge is 2.10. The van der Waals surface area contributed by atoms with Gasteiger partial charge in [0.05, 0.1) is 17.2 Å². The molecule has 0 fully saturated rings. The summed E-state index contributed by atoms with van der Waals surface area (Å²) in [6.45, 7) is 0. The van der Waals surface area contributed by atoms with Crippen LogP contribution < -0.4 is 0 Å². The lowest BCUT2D eigenvalue weighted by Gasteiger charge is -2.00. The van der Waals surface area contributed by atoms with Crippen molar-refractivity contribution < 1.29 is 0 Å². The zero-order valence-corrected chi connectivity index (χ0v) is 11.2. The van der Waals surface area contributed by atoms with Crippen LogP contribution in [0.15, 0.2) is 67.0 Å². The highest BCUT2D eigenvalue weighted by molar-refractivity contribution is 6.06. The predicted molar refractivity (Wildman–Crippen MR) is 85.5 cm³/mol. The molecule has 0 saturated heterocycles. The van der Waals surface area contributed by atoms with Crippen LogP contribution in [0.1, 0.15) is 0 Å². The van der Waals surface area contributed by atoms with Gasteiger partial charge in [-0.05, 0) is 17.5 Å². The normalized spacial score (nSPS) is 11.8. The van der Waals surface area contributed by atoms with Crippen LogP contribution in [-0.4, -0.2) is 14.4 Å². The minimum absolute atomic E-state index is 0.984. The van der Waals surface area contributed by atoms with Crippen LogP contribution in [0.2, 0.25) is 0 Å². The van der Waals surface area contributed by atoms with E-state index in [-0.39, 0.29) is 0 Å². The van der Waals surface area contributed by atoms with Crippen molar-refractivity contribution in [3.05, 3.63) is 67.0 Å². The van der Waals surface area contributed by atoms with Crippen molar-refractivity contribution >= 4 is 38.4 Å². The summed E-state index contributed by atoms with van der Waals surface area (Å²) in [7, 11) is 0. The van der Waals surface area contributed by atoms with Crippen molar-refractivity contribution in [2.24, 2.45) is 0 Å². The van der Waals surface area contributed by atoms with E-state index in [9.17, 15) is 0 Å². The number of fused-ring (bicyclic) bond motifs is 7. The summed E-state index contributed by atoms with van der Waals surface area (Å²) in [6.07, 6.45) is 3.98. The maximum atomic E-state index is 4.89. The Kier molecular flexibility index (Phi) is 1.95. The van der Waals surface area contributed by atoms with Gasteiger partial charge in [0, 0.05) is 17.0 Å². The van der Waals surface area contributed by atoms with Gasteiger partial charge in [-0.2, -0.15) is 0 Å². The van der Waals surface area contributed by atoms with Gasteiger partial charge >= 0.3 is 0 Å². The van der Waals surface area contributed by atoms with Crippen LogP contribution >= 0.6 is 0 Å². The van der Waals surface area contributed by atoms with Gasteiger partial charge in [0.1, 0.15) is 11.2 Å². The lowest BCUT2D eigenvalue weighted by atomic mass is 10.2. The van der Waals surface area contributed by atoms with Gasteiger partial charge in [0.25, 0.3) is 0 Å². The van der Waals surface area contributed by atoms with Gasteiger partial charge in [-0.1, -0.05) is 42.5 Å². The Balaban J connectivity index is 2.09. The summed E-state index contributed by atoms with van der Waals surface area (Å²) < 4.78 is 2.12. The largest absolute Gasteiger partial charge is 0.298 e. The summed E-state index contributed by atoms with van der Waals surface area (Å²) in [5, 5.41) is 3.47. The Bertz CT molecular complexity index is 1050. The average molecular weight is 269 g/mol. The van der Waals surface area contributed by atoms with E-state index in [2.05, 4.69) is 52.0 Å². The molecule has 3 aromatic heterocycles. The summed E-state index contributed by atoms with van der Waals surface area (Å²) in [4.78, 5) is 9.45. The molecule has 0 unspecified atom stereocenters. The molecule has 0 N–H and O–H groups in total. The monoisotopic (exact) mass is 269 g/mol. The summed E-state index contributed by atoms with van der Waals surface area (Å²) in [5.74, 6) is 0. The van der Waals surface area contributed by atoms with E-state index in [0.717, 1.165) is 27.6 Å². The van der Waals surface area contributed by atoms with Gasteiger partial charge in [0.15, 0.2) is 0 Å². The van der Waals surface area contributed by atoms with Crippen LogP contribution in [0.5, 0.6) is 0 Å². The number of benzene rings is 2. The van der Waals surface area contributed by atoms with E-state index in [1.165, 1.54) is 10.8 Å². The second kappa shape index (κ2) is 3.79. The first-order chi connectivity index (χ1) is 10.4. The topological polar surface area (TPSA) is 30.2 Å². The molecule has 3 heteroatoms. The Morgan fingerprint density at radius 3 is 2.57 bits per heavy atom. The van der Waals surface area contributed by atoms with E-state index < -0.39 is 0 Å². The molecule has 5 rings (SSSR count). The minimum Gasteiger partial charge on any atom is -0.298 e. The van der Waals surface area contributed by atoms with E-state index in [1.807, 2.05) is 24.4 Å². The van der Waals surface area contributed by atoms with E-state index in [4.69, 9.17) is 4.98 Å². The van der Waals surface area contributed by atoms with Crippen molar-refractivity contribution in [1.82, 2.24) is 14.4 Å². The Morgan fingerprint density at radius 1 is 0.810 bits per heavy atom. The molecule has 0 saturated carbocycles. The predicted octanol–water partition coefficient (Wildman–Crippen LogP) is 4.19. The van der Waals surface area contributed by atoms with Crippen LogP contribution in [-0.2, 0) is 0 Å². The highest BCUT2D eigenvalue weighted by Crippen LogP contribution is 2.27. The first-order valence-corrected chi connectivity index (χ1v) is 6.95. The first kappa shape index (κ1) is 10.8. The second-order valence-electron chi connectivity index (χ2n) is 5.22. The SMILES string of the molecule is c1ccc2c(c1)ccn1c3cnc4ccccc4c3nc21. The maximum Gasteiger partial charge on any atom is 0.145 e. The molecular weight excluding hydrogens is 258 g/mol. The number of pyridine rings is 2. The molecular formula is C18H11N3. The molecule has 0 atom stereocenters. The number of imidazole rings is 1. The van der Waals surface area contributed by atoms with E-state index in [1.54, 1.807) is 0 Å². The summed E-state index contributed by atoms with van der Waals surface area (Å²) in [6, 6.07) is 18.6. The molecule has 98 valence electrons. The summed E-state index contributed by atoms with van der Waals surface area (Å²) >= 11 is 0. The van der Waals surface area contributed by atoms with Gasteiger partial charge in [-0.3, -0.25) is 9.38 Å². The number of rotatable bonds is 0. The Labute approximate surface area is 120 Å². The fraction of sp³-hybridized carbons (Fsp3) is 0.